The van der Waals surface area contributed by atoms with E-state index < -0.39 is 0 Å². The highest BCUT2D eigenvalue weighted by molar-refractivity contribution is 5.37. The summed E-state index contributed by atoms with van der Waals surface area (Å²) in [6, 6.07) is 0. The molecule has 0 bridgehead atoms. The van der Waals surface area contributed by atoms with Gasteiger partial charge in [0.25, 0.3) is 6.47 Å². The van der Waals surface area contributed by atoms with Crippen molar-refractivity contribution in [3.8, 4) is 0 Å². The van der Waals surface area contributed by atoms with Crippen LogP contribution in [-0.4, -0.2) is 12.6 Å². The third-order valence-corrected chi connectivity index (χ3v) is 1.28. The van der Waals surface area contributed by atoms with E-state index in [4.69, 9.17) is 0 Å². The molecule has 0 amide bonds. The molecule has 0 rings (SSSR count). The van der Waals surface area contributed by atoms with Crippen LogP contribution in [0.25, 0.3) is 0 Å². The van der Waals surface area contributed by atoms with Crippen LogP contribution in [0, 0.1) is 0 Å². The van der Waals surface area contributed by atoms with Gasteiger partial charge in [0.1, 0.15) is 0 Å². The topological polar surface area (TPSA) is 26.3 Å². The molecule has 0 spiro atoms. The lowest BCUT2D eigenvalue weighted by Gasteiger charge is -1.96. The van der Waals surface area contributed by atoms with E-state index in [1.54, 1.807) is 13.8 Å². The highest BCUT2D eigenvalue weighted by atomic mass is 16.5. The van der Waals surface area contributed by atoms with Crippen LogP contribution in [-0.2, 0) is 9.53 Å². The molecule has 0 aliphatic carbocycles. The summed E-state index contributed by atoms with van der Waals surface area (Å²) in [5.74, 6) is 0. The number of unbranched alkanes of at least 4 members (excludes halogenated alkanes) is 3. The number of hydrogen-bond acceptors (Lipinski definition) is 2. The van der Waals surface area contributed by atoms with E-state index in [0.29, 0.717) is 6.47 Å². The Morgan fingerprint density at radius 3 is 1.67 bits per heavy atom. The van der Waals surface area contributed by atoms with Gasteiger partial charge in [0, 0.05) is 0 Å². The van der Waals surface area contributed by atoms with E-state index in [2.05, 4.69) is 18.6 Å². The zero-order chi connectivity index (χ0) is 9.82. The minimum Gasteiger partial charge on any atom is -0.465 e. The molecule has 2 nitrogen and oxygen atoms in total. The Hall–Kier alpha value is -0.530. The van der Waals surface area contributed by atoms with Crippen LogP contribution in [0.5, 0.6) is 0 Å². The van der Waals surface area contributed by atoms with Crippen LogP contribution >= 0.6 is 0 Å². The zero-order valence-corrected chi connectivity index (χ0v) is 8.80. The van der Waals surface area contributed by atoms with E-state index in [1.807, 2.05) is 0 Å². The molecule has 2 heteroatoms. The quantitative estimate of drug-likeness (QED) is 0.472. The second-order valence-corrected chi connectivity index (χ2v) is 2.99. The van der Waals surface area contributed by atoms with Gasteiger partial charge in [-0.25, -0.2) is 0 Å². The second-order valence-electron chi connectivity index (χ2n) is 2.99. The van der Waals surface area contributed by atoms with Crippen LogP contribution in [0.15, 0.2) is 0 Å². The first kappa shape index (κ1) is 14.0. The summed E-state index contributed by atoms with van der Waals surface area (Å²) in [5.41, 5.74) is 0. The summed E-state index contributed by atoms with van der Waals surface area (Å²) in [5, 5.41) is 0. The first-order valence-electron chi connectivity index (χ1n) is 4.78. The normalized spacial score (nSPS) is 8.75. The average molecular weight is 174 g/mol. The van der Waals surface area contributed by atoms with Crippen molar-refractivity contribution in [1.82, 2.24) is 0 Å². The first-order valence-corrected chi connectivity index (χ1v) is 4.78. The van der Waals surface area contributed by atoms with Crippen molar-refractivity contribution in [1.29, 1.82) is 0 Å². The Morgan fingerprint density at radius 2 is 1.58 bits per heavy atom. The van der Waals surface area contributed by atoms with Crippen molar-refractivity contribution in [3.05, 3.63) is 0 Å². The van der Waals surface area contributed by atoms with Crippen molar-refractivity contribution < 1.29 is 9.53 Å². The van der Waals surface area contributed by atoms with Crippen LogP contribution in [0.3, 0.4) is 0 Å². The monoisotopic (exact) mass is 174 g/mol. The molecule has 0 heterocycles. The average Bonchev–Trinajstić information content (AvgIpc) is 2.02. The van der Waals surface area contributed by atoms with Gasteiger partial charge >= 0.3 is 0 Å². The number of rotatable bonds is 5. The van der Waals surface area contributed by atoms with Crippen LogP contribution in [0.2, 0.25) is 0 Å². The van der Waals surface area contributed by atoms with Gasteiger partial charge in [-0.05, 0) is 13.8 Å². The maximum absolute atomic E-state index is 9.39. The molecule has 0 saturated carbocycles. The molecule has 0 aromatic rings. The molecule has 0 aliphatic rings. The lowest BCUT2D eigenvalue weighted by molar-refractivity contribution is -0.131. The van der Waals surface area contributed by atoms with E-state index in [-0.39, 0.29) is 6.10 Å². The van der Waals surface area contributed by atoms with E-state index in [0.717, 1.165) is 0 Å². The fourth-order valence-electron chi connectivity index (χ4n) is 0.611. The maximum atomic E-state index is 9.39. The van der Waals surface area contributed by atoms with E-state index in [9.17, 15) is 4.79 Å². The fourth-order valence-corrected chi connectivity index (χ4v) is 0.611. The maximum Gasteiger partial charge on any atom is 0.293 e. The van der Waals surface area contributed by atoms with Gasteiger partial charge in [-0.3, -0.25) is 4.79 Å². The predicted octanol–water partition coefficient (Wildman–Crippen LogP) is 3.15. The summed E-state index contributed by atoms with van der Waals surface area (Å²) in [6.45, 7) is 8.51. The summed E-state index contributed by atoms with van der Waals surface area (Å²) < 4.78 is 4.36. The minimum absolute atomic E-state index is 0.0301. The molecule has 12 heavy (non-hydrogen) atoms. The Bertz CT molecular complexity index is 75.9. The third kappa shape index (κ3) is 22.7. The lowest BCUT2D eigenvalue weighted by Crippen LogP contribution is -1.98. The minimum atomic E-state index is 0.0301. The van der Waals surface area contributed by atoms with Crippen molar-refractivity contribution in [2.45, 2.75) is 59.5 Å². The molecular weight excluding hydrogens is 152 g/mol. The van der Waals surface area contributed by atoms with Crippen molar-refractivity contribution in [2.24, 2.45) is 0 Å². The van der Waals surface area contributed by atoms with Gasteiger partial charge in [0.2, 0.25) is 0 Å². The highest BCUT2D eigenvalue weighted by Gasteiger charge is 1.83. The highest BCUT2D eigenvalue weighted by Crippen LogP contribution is 1.95. The smallest absolute Gasteiger partial charge is 0.293 e. The van der Waals surface area contributed by atoms with Gasteiger partial charge in [0.15, 0.2) is 0 Å². The zero-order valence-electron chi connectivity index (χ0n) is 8.80. The summed E-state index contributed by atoms with van der Waals surface area (Å²) in [7, 11) is 0. The first-order chi connectivity index (χ1) is 5.68. The molecule has 0 atom stereocenters. The molecule has 0 N–H and O–H groups in total. The second kappa shape index (κ2) is 13.1. The molecule has 0 aliphatic heterocycles. The summed E-state index contributed by atoms with van der Waals surface area (Å²) >= 11 is 0. The number of ether oxygens (including phenoxy) is 1. The van der Waals surface area contributed by atoms with E-state index in [1.165, 1.54) is 25.7 Å². The third-order valence-electron chi connectivity index (χ3n) is 1.28. The molecule has 74 valence electrons. The molecule has 0 saturated heterocycles. The molecule has 0 radical (unpaired) electrons. The van der Waals surface area contributed by atoms with Crippen LogP contribution in [0.4, 0.5) is 0 Å². The Kier molecular flexibility index (Phi) is 15.3. The lowest BCUT2D eigenvalue weighted by atomic mass is 10.2. The van der Waals surface area contributed by atoms with Crippen LogP contribution < -0.4 is 0 Å². The number of hydrogen-bond donors (Lipinski definition) is 0. The Morgan fingerprint density at radius 1 is 1.17 bits per heavy atom. The number of carbonyl (C=O) groups excluding carboxylic acids is 1. The van der Waals surface area contributed by atoms with Crippen molar-refractivity contribution >= 4 is 6.47 Å². The molecule has 0 fully saturated rings. The van der Waals surface area contributed by atoms with Crippen molar-refractivity contribution in [2.75, 3.05) is 0 Å². The van der Waals surface area contributed by atoms with Crippen LogP contribution in [0.1, 0.15) is 53.4 Å². The number of carbonyl (C=O) groups is 1. The Labute approximate surface area is 76.3 Å². The standard InChI is InChI=1S/C6H14.C4H8O2/c1-3-5-6-4-2;1-4(2)6-3-5/h3-6H2,1-2H3;3-4H,1-2H3. The van der Waals surface area contributed by atoms with Gasteiger partial charge in [-0.15, -0.1) is 0 Å². The van der Waals surface area contributed by atoms with Gasteiger partial charge in [0.05, 0.1) is 6.10 Å². The molecular formula is C10H22O2. The molecule has 0 aromatic carbocycles. The SMILES string of the molecule is CC(C)OC=O.CCCCCC. The summed E-state index contributed by atoms with van der Waals surface area (Å²) in [4.78, 5) is 9.39. The van der Waals surface area contributed by atoms with Crippen molar-refractivity contribution in [3.63, 3.8) is 0 Å². The van der Waals surface area contributed by atoms with Gasteiger partial charge < -0.3 is 4.74 Å². The molecule has 0 unspecified atom stereocenters. The molecule has 0 aromatic heterocycles. The largest absolute Gasteiger partial charge is 0.465 e. The Balaban J connectivity index is 0. The van der Waals surface area contributed by atoms with Gasteiger partial charge in [-0.2, -0.15) is 0 Å². The fraction of sp³-hybridized carbons (Fsp3) is 0.900. The van der Waals surface area contributed by atoms with E-state index >= 15 is 0 Å². The van der Waals surface area contributed by atoms with Gasteiger partial charge in [-0.1, -0.05) is 39.5 Å². The predicted molar refractivity (Wildman–Crippen MR) is 52.1 cm³/mol. The summed E-state index contributed by atoms with van der Waals surface area (Å²) in [6.07, 6.45) is 5.57.